The zero-order valence-electron chi connectivity index (χ0n) is 19.8. The van der Waals surface area contributed by atoms with E-state index in [4.69, 9.17) is 4.99 Å². The van der Waals surface area contributed by atoms with Crippen molar-refractivity contribution in [3.8, 4) is 0 Å². The number of nitrogens with zero attached hydrogens (tertiary/aromatic N) is 4. The maximum absolute atomic E-state index is 4.85. The molecule has 176 valence electrons. The summed E-state index contributed by atoms with van der Waals surface area (Å²) in [6.07, 6.45) is 5.00. The Labute approximate surface area is 206 Å². The van der Waals surface area contributed by atoms with E-state index in [1.165, 1.54) is 69.8 Å². The number of benzene rings is 1. The summed E-state index contributed by atoms with van der Waals surface area (Å²) in [4.78, 5) is 12.4. The van der Waals surface area contributed by atoms with Crippen LogP contribution in [-0.2, 0) is 0 Å². The molecule has 7 heteroatoms. The molecule has 2 aliphatic rings. The van der Waals surface area contributed by atoms with E-state index in [0.29, 0.717) is 0 Å². The standard InChI is InChI=1S/C24H42N6.HI/c1-4-25-24(26-12-8-14-29-15-9-13-28(3)18-19-29)27-21(2)22-10-7-11-23(20-22)30-16-5-6-17-30;/h7,10-11,20-21H,4-6,8-9,12-19H2,1-3H3,(H2,25,26,27);1H. The fraction of sp³-hybridized carbons (Fsp3) is 0.708. The summed E-state index contributed by atoms with van der Waals surface area (Å²) in [6, 6.07) is 9.21. The normalized spacial score (nSPS) is 19.6. The minimum Gasteiger partial charge on any atom is -0.372 e. The lowest BCUT2D eigenvalue weighted by molar-refractivity contribution is 0.275. The molecule has 1 unspecified atom stereocenters. The molecule has 2 saturated heterocycles. The highest BCUT2D eigenvalue weighted by atomic mass is 127. The Morgan fingerprint density at radius 1 is 1.06 bits per heavy atom. The Kier molecular flexibility index (Phi) is 12.0. The molecule has 0 spiro atoms. The number of anilines is 1. The lowest BCUT2D eigenvalue weighted by Gasteiger charge is -2.22. The van der Waals surface area contributed by atoms with Crippen molar-refractivity contribution in [2.75, 3.05) is 70.9 Å². The van der Waals surface area contributed by atoms with Crippen molar-refractivity contribution in [1.29, 1.82) is 0 Å². The van der Waals surface area contributed by atoms with Crippen molar-refractivity contribution in [2.45, 2.75) is 45.6 Å². The van der Waals surface area contributed by atoms with E-state index in [-0.39, 0.29) is 30.0 Å². The molecular formula is C24H43IN6. The maximum atomic E-state index is 4.85. The minimum absolute atomic E-state index is 0. The van der Waals surface area contributed by atoms with E-state index in [0.717, 1.165) is 32.0 Å². The van der Waals surface area contributed by atoms with Gasteiger partial charge in [0.2, 0.25) is 0 Å². The van der Waals surface area contributed by atoms with Crippen molar-refractivity contribution >= 4 is 35.6 Å². The highest BCUT2D eigenvalue weighted by Crippen LogP contribution is 2.23. The van der Waals surface area contributed by atoms with E-state index >= 15 is 0 Å². The minimum atomic E-state index is 0. The average molecular weight is 543 g/mol. The van der Waals surface area contributed by atoms with Gasteiger partial charge in [-0.05, 0) is 83.9 Å². The zero-order chi connectivity index (χ0) is 21.2. The molecule has 1 aromatic rings. The molecule has 0 aliphatic carbocycles. The fourth-order valence-corrected chi connectivity index (χ4v) is 4.38. The molecule has 2 N–H and O–H groups in total. The van der Waals surface area contributed by atoms with Crippen LogP contribution in [0.2, 0.25) is 0 Å². The molecule has 2 heterocycles. The number of guanidine groups is 1. The van der Waals surface area contributed by atoms with E-state index in [1.54, 1.807) is 0 Å². The predicted octanol–water partition coefficient (Wildman–Crippen LogP) is 3.55. The number of hydrogen-bond acceptors (Lipinski definition) is 4. The molecule has 1 atom stereocenters. The number of aliphatic imine (C=N–C) groups is 1. The average Bonchev–Trinajstić information content (AvgIpc) is 3.21. The Bertz CT molecular complexity index is 661. The van der Waals surface area contributed by atoms with Crippen molar-refractivity contribution in [3.05, 3.63) is 29.8 Å². The Hall–Kier alpha value is -1.06. The van der Waals surface area contributed by atoms with Gasteiger partial charge in [0.25, 0.3) is 0 Å². The van der Waals surface area contributed by atoms with Crippen molar-refractivity contribution in [3.63, 3.8) is 0 Å². The molecule has 1 aromatic carbocycles. The van der Waals surface area contributed by atoms with Crippen molar-refractivity contribution in [1.82, 2.24) is 20.4 Å². The molecule has 0 saturated carbocycles. The SMILES string of the molecule is CCNC(=NCCCN1CCCN(C)CC1)NC(C)c1cccc(N2CCCC2)c1.I. The molecule has 6 nitrogen and oxygen atoms in total. The lowest BCUT2D eigenvalue weighted by Crippen LogP contribution is -2.39. The van der Waals surface area contributed by atoms with Gasteiger partial charge in [-0.15, -0.1) is 24.0 Å². The third kappa shape index (κ3) is 8.77. The third-order valence-corrected chi connectivity index (χ3v) is 6.25. The van der Waals surface area contributed by atoms with Crippen molar-refractivity contribution in [2.24, 2.45) is 4.99 Å². The maximum Gasteiger partial charge on any atom is 0.191 e. The first-order valence-corrected chi connectivity index (χ1v) is 12.0. The highest BCUT2D eigenvalue weighted by Gasteiger charge is 2.15. The van der Waals surface area contributed by atoms with Crippen LogP contribution < -0.4 is 15.5 Å². The van der Waals surface area contributed by atoms with Crippen LogP contribution in [0.25, 0.3) is 0 Å². The smallest absolute Gasteiger partial charge is 0.191 e. The van der Waals surface area contributed by atoms with Crippen LogP contribution >= 0.6 is 24.0 Å². The van der Waals surface area contributed by atoms with E-state index in [9.17, 15) is 0 Å². The first kappa shape index (κ1) is 26.2. The molecule has 0 aromatic heterocycles. The van der Waals surface area contributed by atoms with Crippen LogP contribution in [0.1, 0.15) is 51.1 Å². The van der Waals surface area contributed by atoms with Gasteiger partial charge in [-0.1, -0.05) is 12.1 Å². The second-order valence-electron chi connectivity index (χ2n) is 8.77. The molecule has 0 bridgehead atoms. The predicted molar refractivity (Wildman–Crippen MR) is 144 cm³/mol. The van der Waals surface area contributed by atoms with Crippen LogP contribution in [0.3, 0.4) is 0 Å². The molecule has 2 aliphatic heterocycles. The first-order chi connectivity index (χ1) is 14.7. The summed E-state index contributed by atoms with van der Waals surface area (Å²) in [6.45, 7) is 14.4. The molecule has 2 fully saturated rings. The van der Waals surface area contributed by atoms with Gasteiger partial charge in [0.05, 0.1) is 6.04 Å². The number of nitrogens with one attached hydrogen (secondary N) is 2. The third-order valence-electron chi connectivity index (χ3n) is 6.25. The zero-order valence-corrected chi connectivity index (χ0v) is 22.1. The van der Waals surface area contributed by atoms with Crippen LogP contribution in [0.15, 0.2) is 29.3 Å². The number of likely N-dealkylation sites (N-methyl/N-ethyl adjacent to an activating group) is 1. The lowest BCUT2D eigenvalue weighted by atomic mass is 10.1. The van der Waals surface area contributed by atoms with Gasteiger partial charge >= 0.3 is 0 Å². The van der Waals surface area contributed by atoms with Gasteiger partial charge in [0.15, 0.2) is 5.96 Å². The fourth-order valence-electron chi connectivity index (χ4n) is 4.38. The molecule has 3 rings (SSSR count). The van der Waals surface area contributed by atoms with Crippen molar-refractivity contribution < 1.29 is 0 Å². The van der Waals surface area contributed by atoms with E-state index in [1.807, 2.05) is 0 Å². The second-order valence-corrected chi connectivity index (χ2v) is 8.77. The number of hydrogen-bond donors (Lipinski definition) is 2. The van der Waals surface area contributed by atoms with E-state index < -0.39 is 0 Å². The van der Waals surface area contributed by atoms with Crippen LogP contribution in [0.5, 0.6) is 0 Å². The van der Waals surface area contributed by atoms with Gasteiger partial charge in [0, 0.05) is 45.0 Å². The van der Waals surface area contributed by atoms with E-state index in [2.05, 4.69) is 70.5 Å². The number of rotatable bonds is 8. The first-order valence-electron chi connectivity index (χ1n) is 12.0. The summed E-state index contributed by atoms with van der Waals surface area (Å²) in [5.74, 6) is 0.923. The molecular weight excluding hydrogens is 499 g/mol. The largest absolute Gasteiger partial charge is 0.372 e. The van der Waals surface area contributed by atoms with Crippen LogP contribution in [-0.4, -0.2) is 81.7 Å². The monoisotopic (exact) mass is 542 g/mol. The Morgan fingerprint density at radius 2 is 1.87 bits per heavy atom. The molecule has 0 amide bonds. The summed E-state index contributed by atoms with van der Waals surface area (Å²) in [5.41, 5.74) is 2.67. The van der Waals surface area contributed by atoms with Gasteiger partial charge in [-0.3, -0.25) is 4.99 Å². The molecule has 31 heavy (non-hydrogen) atoms. The summed E-state index contributed by atoms with van der Waals surface area (Å²) < 4.78 is 0. The highest BCUT2D eigenvalue weighted by molar-refractivity contribution is 14.0. The summed E-state index contributed by atoms with van der Waals surface area (Å²) >= 11 is 0. The molecule has 0 radical (unpaired) electrons. The summed E-state index contributed by atoms with van der Waals surface area (Å²) in [7, 11) is 2.23. The Morgan fingerprint density at radius 3 is 2.65 bits per heavy atom. The van der Waals surface area contributed by atoms with Gasteiger partial charge in [0.1, 0.15) is 0 Å². The van der Waals surface area contributed by atoms with Crippen LogP contribution in [0.4, 0.5) is 5.69 Å². The summed E-state index contributed by atoms with van der Waals surface area (Å²) in [5, 5.41) is 7.02. The Balaban J connectivity index is 0.00000341. The van der Waals surface area contributed by atoms with Gasteiger partial charge in [-0.2, -0.15) is 0 Å². The number of halogens is 1. The second kappa shape index (κ2) is 14.2. The quantitative estimate of drug-likeness (QED) is 0.228. The topological polar surface area (TPSA) is 46.1 Å². The van der Waals surface area contributed by atoms with Crippen LogP contribution in [0, 0.1) is 0 Å². The van der Waals surface area contributed by atoms with Gasteiger partial charge < -0.3 is 25.3 Å². The van der Waals surface area contributed by atoms with Gasteiger partial charge in [-0.25, -0.2) is 0 Å².